The molecule has 27 heavy (non-hydrogen) atoms. The third-order valence-corrected chi connectivity index (χ3v) is 6.24. The summed E-state index contributed by atoms with van der Waals surface area (Å²) >= 11 is 0. The normalized spacial score (nSPS) is 25.7. The predicted octanol–water partition coefficient (Wildman–Crippen LogP) is 5.82. The molecule has 4 aliphatic rings. The van der Waals surface area contributed by atoms with E-state index >= 15 is 0 Å². The van der Waals surface area contributed by atoms with E-state index in [0.29, 0.717) is 0 Å². The van der Waals surface area contributed by atoms with Crippen LogP contribution < -0.4 is 4.74 Å². The summed E-state index contributed by atoms with van der Waals surface area (Å²) in [4.78, 5) is 0. The maximum absolute atomic E-state index is 6.44. The van der Waals surface area contributed by atoms with Gasteiger partial charge in [0.1, 0.15) is 18.0 Å². The Morgan fingerprint density at radius 2 is 1.81 bits per heavy atom. The Labute approximate surface area is 159 Å². The first-order valence-corrected chi connectivity index (χ1v) is 9.68. The first-order chi connectivity index (χ1) is 13.1. The lowest BCUT2D eigenvalue weighted by Gasteiger charge is -2.30. The molecule has 1 heterocycles. The van der Waals surface area contributed by atoms with Gasteiger partial charge in [-0.25, -0.2) is 0 Å². The second kappa shape index (κ2) is 5.12. The van der Waals surface area contributed by atoms with Crippen LogP contribution in [0.1, 0.15) is 61.2 Å². The molecule has 0 aromatic heterocycles. The highest BCUT2D eigenvalue weighted by molar-refractivity contribution is 5.99. The van der Waals surface area contributed by atoms with Crippen molar-refractivity contribution >= 4 is 11.6 Å². The van der Waals surface area contributed by atoms with Crippen LogP contribution in [0.15, 0.2) is 42.0 Å². The zero-order valence-electron chi connectivity index (χ0n) is 15.8. The third-order valence-electron chi connectivity index (χ3n) is 6.24. The van der Waals surface area contributed by atoms with Gasteiger partial charge in [0.2, 0.25) is 0 Å². The molecule has 3 heteroatoms. The van der Waals surface area contributed by atoms with Crippen LogP contribution in [0.5, 0.6) is 5.75 Å². The smallest absolute Gasteiger partial charge is 0.164 e. The fourth-order valence-electron chi connectivity index (χ4n) is 5.16. The molecule has 2 aromatic rings. The number of fused-ring (bicyclic) bond motifs is 10. The van der Waals surface area contributed by atoms with Gasteiger partial charge in [-0.1, -0.05) is 30.4 Å². The van der Waals surface area contributed by atoms with Crippen LogP contribution in [0, 0.1) is 0 Å². The Morgan fingerprint density at radius 3 is 2.67 bits per heavy atom. The minimum atomic E-state index is -0.599. The van der Waals surface area contributed by atoms with Gasteiger partial charge < -0.3 is 14.2 Å². The van der Waals surface area contributed by atoms with Gasteiger partial charge in [0.15, 0.2) is 5.79 Å². The van der Waals surface area contributed by atoms with Crippen molar-refractivity contribution in [1.29, 1.82) is 0 Å². The number of methoxy groups -OCH3 is 1. The Kier molecular flexibility index (Phi) is 2.97. The fourth-order valence-corrected chi connectivity index (χ4v) is 5.16. The molecule has 1 aliphatic heterocycles. The van der Waals surface area contributed by atoms with Crippen molar-refractivity contribution in [2.75, 3.05) is 7.11 Å². The average Bonchev–Trinajstić information content (AvgIpc) is 3.32. The summed E-state index contributed by atoms with van der Waals surface area (Å²) in [5.74, 6) is 0.271. The van der Waals surface area contributed by atoms with Crippen LogP contribution >= 0.6 is 0 Å². The number of benzene rings is 2. The van der Waals surface area contributed by atoms with Gasteiger partial charge in [-0.05, 0) is 83.3 Å². The molecule has 136 valence electrons. The van der Waals surface area contributed by atoms with Gasteiger partial charge in [-0.2, -0.15) is 0 Å². The first kappa shape index (κ1) is 15.7. The minimum Gasteiger partial charge on any atom is -0.497 e. The van der Waals surface area contributed by atoms with Crippen molar-refractivity contribution in [3.8, 4) is 16.9 Å². The highest BCUT2D eigenvalue weighted by atomic mass is 16.8. The number of rotatable bonds is 1. The highest BCUT2D eigenvalue weighted by Crippen LogP contribution is 2.58. The maximum Gasteiger partial charge on any atom is 0.164 e. The van der Waals surface area contributed by atoms with Gasteiger partial charge in [0.05, 0.1) is 7.11 Å². The molecule has 1 fully saturated rings. The van der Waals surface area contributed by atoms with E-state index in [4.69, 9.17) is 14.2 Å². The van der Waals surface area contributed by atoms with Crippen molar-refractivity contribution in [1.82, 2.24) is 0 Å². The van der Waals surface area contributed by atoms with E-state index in [1.54, 1.807) is 7.11 Å². The van der Waals surface area contributed by atoms with Gasteiger partial charge >= 0.3 is 0 Å². The molecule has 2 atom stereocenters. The SMILES string of the molecule is COc1ccc2c(c1)-c1ccc3c(c1[C@H]1OC(C)(C)O[C@H]21)C=C1CCC=C13. The molecule has 3 nitrogen and oxygen atoms in total. The van der Waals surface area contributed by atoms with E-state index < -0.39 is 5.79 Å². The van der Waals surface area contributed by atoms with Crippen molar-refractivity contribution in [3.63, 3.8) is 0 Å². The Bertz CT molecular complexity index is 1060. The second-order valence-electron chi connectivity index (χ2n) is 8.24. The molecular weight excluding hydrogens is 336 g/mol. The van der Waals surface area contributed by atoms with Crippen LogP contribution in [-0.2, 0) is 9.47 Å². The summed E-state index contributed by atoms with van der Waals surface area (Å²) in [6, 6.07) is 10.8. The van der Waals surface area contributed by atoms with Crippen LogP contribution in [0.2, 0.25) is 0 Å². The second-order valence-corrected chi connectivity index (χ2v) is 8.24. The molecule has 0 unspecified atom stereocenters. The van der Waals surface area contributed by atoms with E-state index in [1.807, 2.05) is 19.9 Å². The van der Waals surface area contributed by atoms with Gasteiger partial charge in [0.25, 0.3) is 0 Å². The molecular formula is C24H22O3. The van der Waals surface area contributed by atoms with Gasteiger partial charge in [0, 0.05) is 0 Å². The van der Waals surface area contributed by atoms with Crippen molar-refractivity contribution in [2.45, 2.75) is 44.7 Å². The molecule has 2 aromatic carbocycles. The molecule has 1 saturated heterocycles. The van der Waals surface area contributed by atoms with Gasteiger partial charge in [-0.3, -0.25) is 0 Å². The standard InChI is InChI=1S/C24H22O3/c1-24(2)26-22-18-8-7-14(25-3)12-19(18)17-10-9-16-15-6-4-5-13(15)11-20(16)21(17)23(22)27-24/h6-12,22-23H,4-5H2,1-3H3/t22-,23-/m1/s1. The predicted molar refractivity (Wildman–Crippen MR) is 105 cm³/mol. The lowest BCUT2D eigenvalue weighted by atomic mass is 9.79. The molecule has 3 aliphatic carbocycles. The number of allylic oxidation sites excluding steroid dienone is 3. The fraction of sp³-hybridized carbons (Fsp3) is 0.333. The molecule has 0 radical (unpaired) electrons. The molecule has 0 saturated carbocycles. The largest absolute Gasteiger partial charge is 0.497 e. The zero-order valence-corrected chi connectivity index (χ0v) is 15.8. The summed E-state index contributed by atoms with van der Waals surface area (Å²) in [7, 11) is 1.72. The summed E-state index contributed by atoms with van der Waals surface area (Å²) < 4.78 is 18.3. The van der Waals surface area contributed by atoms with E-state index in [9.17, 15) is 0 Å². The minimum absolute atomic E-state index is 0.0814. The van der Waals surface area contributed by atoms with E-state index in [0.717, 1.165) is 18.6 Å². The maximum atomic E-state index is 6.44. The molecule has 0 spiro atoms. The Balaban J connectivity index is 1.65. The molecule has 0 bridgehead atoms. The summed E-state index contributed by atoms with van der Waals surface area (Å²) in [5, 5.41) is 0. The number of ether oxygens (including phenoxy) is 3. The monoisotopic (exact) mass is 358 g/mol. The Morgan fingerprint density at radius 1 is 1.00 bits per heavy atom. The van der Waals surface area contributed by atoms with Crippen molar-refractivity contribution in [2.24, 2.45) is 0 Å². The van der Waals surface area contributed by atoms with E-state index in [2.05, 4.69) is 36.4 Å². The first-order valence-electron chi connectivity index (χ1n) is 9.68. The number of hydrogen-bond donors (Lipinski definition) is 0. The molecule has 0 amide bonds. The molecule has 6 rings (SSSR count). The van der Waals surface area contributed by atoms with E-state index in [-0.39, 0.29) is 12.2 Å². The lowest BCUT2D eigenvalue weighted by Crippen LogP contribution is -2.19. The van der Waals surface area contributed by atoms with E-state index in [1.165, 1.54) is 44.5 Å². The van der Waals surface area contributed by atoms with Crippen LogP contribution in [0.3, 0.4) is 0 Å². The van der Waals surface area contributed by atoms with Crippen LogP contribution in [-0.4, -0.2) is 12.9 Å². The number of hydrogen-bond acceptors (Lipinski definition) is 3. The topological polar surface area (TPSA) is 27.7 Å². The summed E-state index contributed by atoms with van der Waals surface area (Å²) in [6.45, 7) is 4.01. The zero-order chi connectivity index (χ0) is 18.3. The average molecular weight is 358 g/mol. The third kappa shape index (κ3) is 2.04. The quantitative estimate of drug-likeness (QED) is 0.643. The van der Waals surface area contributed by atoms with Gasteiger partial charge in [-0.15, -0.1) is 0 Å². The summed E-state index contributed by atoms with van der Waals surface area (Å²) in [5.41, 5.74) is 10.4. The molecule has 0 N–H and O–H groups in total. The summed E-state index contributed by atoms with van der Waals surface area (Å²) in [6.07, 6.45) is 6.87. The van der Waals surface area contributed by atoms with Crippen LogP contribution in [0.4, 0.5) is 0 Å². The van der Waals surface area contributed by atoms with Crippen molar-refractivity contribution in [3.05, 3.63) is 64.2 Å². The van der Waals surface area contributed by atoms with Crippen LogP contribution in [0.25, 0.3) is 22.8 Å². The lowest BCUT2D eigenvalue weighted by molar-refractivity contribution is -0.147. The Hall–Kier alpha value is -2.36. The highest BCUT2D eigenvalue weighted by Gasteiger charge is 2.48. The van der Waals surface area contributed by atoms with Crippen molar-refractivity contribution < 1.29 is 14.2 Å².